The molecule has 4 aromatic rings. The molecule has 116 valence electrons. The van der Waals surface area contributed by atoms with Crippen LogP contribution in [-0.2, 0) is 0 Å². The lowest BCUT2D eigenvalue weighted by molar-refractivity contribution is 0.752. The van der Waals surface area contributed by atoms with Gasteiger partial charge in [0.15, 0.2) is 0 Å². The topological polar surface area (TPSA) is 68.5 Å². The first-order valence-corrected chi connectivity index (χ1v) is 7.51. The van der Waals surface area contributed by atoms with Gasteiger partial charge in [0.1, 0.15) is 0 Å². The SMILES string of the molecule is c1ccc(-c2ccnc(Nc3ccc(-n4nccn4)cc3)n2)cc1. The summed E-state index contributed by atoms with van der Waals surface area (Å²) in [5.74, 6) is 0.557. The molecule has 2 aromatic heterocycles. The van der Waals surface area contributed by atoms with Gasteiger partial charge in [-0.3, -0.25) is 0 Å². The molecule has 0 fully saturated rings. The Labute approximate surface area is 138 Å². The molecule has 0 bridgehead atoms. The van der Waals surface area contributed by atoms with E-state index >= 15 is 0 Å². The van der Waals surface area contributed by atoms with Crippen LogP contribution >= 0.6 is 0 Å². The third kappa shape index (κ3) is 2.98. The maximum atomic E-state index is 4.56. The highest BCUT2D eigenvalue weighted by atomic mass is 15.5. The highest BCUT2D eigenvalue weighted by molar-refractivity contribution is 5.62. The van der Waals surface area contributed by atoms with Crippen LogP contribution in [0.25, 0.3) is 16.9 Å². The average Bonchev–Trinajstić information content (AvgIpc) is 3.18. The van der Waals surface area contributed by atoms with Crippen molar-refractivity contribution in [3.63, 3.8) is 0 Å². The summed E-state index contributed by atoms with van der Waals surface area (Å²) in [6.45, 7) is 0. The highest BCUT2D eigenvalue weighted by Crippen LogP contribution is 2.19. The van der Waals surface area contributed by atoms with Gasteiger partial charge >= 0.3 is 0 Å². The molecule has 6 heteroatoms. The molecule has 0 amide bonds. The van der Waals surface area contributed by atoms with Crippen molar-refractivity contribution in [3.05, 3.63) is 79.3 Å². The lowest BCUT2D eigenvalue weighted by Gasteiger charge is -2.07. The third-order valence-electron chi connectivity index (χ3n) is 3.50. The number of benzene rings is 2. The van der Waals surface area contributed by atoms with Crippen molar-refractivity contribution in [2.45, 2.75) is 0 Å². The quantitative estimate of drug-likeness (QED) is 0.624. The largest absolute Gasteiger partial charge is 0.324 e. The number of hydrogen-bond acceptors (Lipinski definition) is 5. The number of nitrogens with zero attached hydrogens (tertiary/aromatic N) is 5. The predicted octanol–water partition coefficient (Wildman–Crippen LogP) is 3.47. The first kappa shape index (κ1) is 14.1. The first-order valence-electron chi connectivity index (χ1n) is 7.51. The number of anilines is 2. The van der Waals surface area contributed by atoms with Gasteiger partial charge in [-0.1, -0.05) is 30.3 Å². The van der Waals surface area contributed by atoms with Crippen LogP contribution in [0, 0.1) is 0 Å². The molecule has 0 saturated heterocycles. The van der Waals surface area contributed by atoms with E-state index in [1.165, 1.54) is 0 Å². The molecule has 0 unspecified atom stereocenters. The Morgan fingerprint density at radius 3 is 2.25 bits per heavy atom. The van der Waals surface area contributed by atoms with Crippen molar-refractivity contribution < 1.29 is 0 Å². The Balaban J connectivity index is 1.55. The Morgan fingerprint density at radius 2 is 1.50 bits per heavy atom. The molecule has 0 aliphatic heterocycles. The Morgan fingerprint density at radius 1 is 0.750 bits per heavy atom. The molecule has 2 aromatic carbocycles. The monoisotopic (exact) mass is 314 g/mol. The zero-order valence-corrected chi connectivity index (χ0v) is 12.7. The van der Waals surface area contributed by atoms with E-state index in [2.05, 4.69) is 25.5 Å². The van der Waals surface area contributed by atoms with Gasteiger partial charge in [0, 0.05) is 17.4 Å². The van der Waals surface area contributed by atoms with Crippen LogP contribution in [0.4, 0.5) is 11.6 Å². The van der Waals surface area contributed by atoms with Crippen LogP contribution in [0.2, 0.25) is 0 Å². The van der Waals surface area contributed by atoms with Crippen LogP contribution in [-0.4, -0.2) is 25.0 Å². The lowest BCUT2D eigenvalue weighted by Crippen LogP contribution is -2.00. The van der Waals surface area contributed by atoms with E-state index in [9.17, 15) is 0 Å². The van der Waals surface area contributed by atoms with E-state index in [4.69, 9.17) is 0 Å². The van der Waals surface area contributed by atoms with E-state index in [1.807, 2.05) is 60.7 Å². The molecular formula is C18H14N6. The summed E-state index contributed by atoms with van der Waals surface area (Å²) in [7, 11) is 0. The summed E-state index contributed by atoms with van der Waals surface area (Å²) in [6, 6.07) is 19.7. The number of hydrogen-bond donors (Lipinski definition) is 1. The van der Waals surface area contributed by atoms with Gasteiger partial charge in [-0.2, -0.15) is 15.0 Å². The van der Waals surface area contributed by atoms with Crippen molar-refractivity contribution in [2.75, 3.05) is 5.32 Å². The van der Waals surface area contributed by atoms with E-state index in [1.54, 1.807) is 23.4 Å². The summed E-state index contributed by atoms with van der Waals surface area (Å²) in [4.78, 5) is 10.4. The normalized spacial score (nSPS) is 10.5. The summed E-state index contributed by atoms with van der Waals surface area (Å²) in [5, 5.41) is 11.4. The molecule has 4 rings (SSSR count). The van der Waals surface area contributed by atoms with Gasteiger partial charge in [-0.25, -0.2) is 9.97 Å². The van der Waals surface area contributed by atoms with Crippen LogP contribution in [0.15, 0.2) is 79.3 Å². The van der Waals surface area contributed by atoms with Gasteiger partial charge in [-0.05, 0) is 30.3 Å². The van der Waals surface area contributed by atoms with E-state index in [0.29, 0.717) is 5.95 Å². The van der Waals surface area contributed by atoms with Crippen molar-refractivity contribution >= 4 is 11.6 Å². The number of rotatable bonds is 4. The maximum Gasteiger partial charge on any atom is 0.227 e. The highest BCUT2D eigenvalue weighted by Gasteiger charge is 2.03. The number of nitrogens with one attached hydrogen (secondary N) is 1. The van der Waals surface area contributed by atoms with Crippen LogP contribution in [0.3, 0.4) is 0 Å². The molecule has 2 heterocycles. The molecule has 0 atom stereocenters. The molecular weight excluding hydrogens is 300 g/mol. The van der Waals surface area contributed by atoms with E-state index < -0.39 is 0 Å². The minimum atomic E-state index is 0.557. The summed E-state index contributed by atoms with van der Waals surface area (Å²) < 4.78 is 0. The number of aromatic nitrogens is 5. The zero-order chi connectivity index (χ0) is 16.2. The van der Waals surface area contributed by atoms with Gasteiger partial charge in [0.2, 0.25) is 5.95 Å². The Hall–Kier alpha value is -3.54. The standard InChI is InChI=1S/C18H14N6/c1-2-4-14(5-3-1)17-10-11-19-18(23-17)22-15-6-8-16(9-7-15)24-20-12-13-21-24/h1-13H,(H,19,22,23). The molecule has 1 N–H and O–H groups in total. The van der Waals surface area contributed by atoms with Gasteiger partial charge in [0.05, 0.1) is 23.8 Å². The smallest absolute Gasteiger partial charge is 0.227 e. The van der Waals surface area contributed by atoms with Gasteiger partial charge in [0.25, 0.3) is 0 Å². The average molecular weight is 314 g/mol. The molecule has 0 aliphatic rings. The first-order chi connectivity index (χ1) is 11.9. The Bertz CT molecular complexity index is 917. The second-order valence-electron chi connectivity index (χ2n) is 5.12. The van der Waals surface area contributed by atoms with E-state index in [0.717, 1.165) is 22.6 Å². The Kier molecular flexibility index (Phi) is 3.69. The minimum absolute atomic E-state index is 0.557. The molecule has 0 aliphatic carbocycles. The van der Waals surface area contributed by atoms with Crippen LogP contribution in [0.1, 0.15) is 0 Å². The summed E-state index contributed by atoms with van der Waals surface area (Å²) >= 11 is 0. The maximum absolute atomic E-state index is 4.56. The van der Waals surface area contributed by atoms with Crippen molar-refractivity contribution in [2.24, 2.45) is 0 Å². The van der Waals surface area contributed by atoms with Gasteiger partial charge < -0.3 is 5.32 Å². The molecule has 0 saturated carbocycles. The van der Waals surface area contributed by atoms with Crippen LogP contribution < -0.4 is 5.32 Å². The van der Waals surface area contributed by atoms with Crippen molar-refractivity contribution in [1.29, 1.82) is 0 Å². The van der Waals surface area contributed by atoms with Crippen LogP contribution in [0.5, 0.6) is 0 Å². The molecule has 0 radical (unpaired) electrons. The summed E-state index contributed by atoms with van der Waals surface area (Å²) in [5.41, 5.74) is 3.73. The third-order valence-corrected chi connectivity index (χ3v) is 3.50. The minimum Gasteiger partial charge on any atom is -0.324 e. The lowest BCUT2D eigenvalue weighted by atomic mass is 10.1. The van der Waals surface area contributed by atoms with Crippen molar-refractivity contribution in [3.8, 4) is 16.9 Å². The summed E-state index contributed by atoms with van der Waals surface area (Å²) in [6.07, 6.45) is 5.05. The molecule has 24 heavy (non-hydrogen) atoms. The fourth-order valence-electron chi connectivity index (χ4n) is 2.34. The fourth-order valence-corrected chi connectivity index (χ4v) is 2.34. The molecule has 6 nitrogen and oxygen atoms in total. The zero-order valence-electron chi connectivity index (χ0n) is 12.7. The second kappa shape index (κ2) is 6.29. The van der Waals surface area contributed by atoms with E-state index in [-0.39, 0.29) is 0 Å². The predicted molar refractivity (Wildman–Crippen MR) is 92.1 cm³/mol. The fraction of sp³-hybridized carbons (Fsp3) is 0. The molecule has 0 spiro atoms. The van der Waals surface area contributed by atoms with Gasteiger partial charge in [-0.15, -0.1) is 0 Å². The second-order valence-corrected chi connectivity index (χ2v) is 5.12. The van der Waals surface area contributed by atoms with Crippen molar-refractivity contribution in [1.82, 2.24) is 25.0 Å².